The molecular weight excluding hydrogens is 146 g/mol. The predicted molar refractivity (Wildman–Crippen MR) is 40.9 cm³/mol. The van der Waals surface area contributed by atoms with E-state index in [9.17, 15) is 0 Å². The number of rotatable bonds is 1. The second-order valence-electron chi connectivity index (χ2n) is 1.57. The molecule has 0 aliphatic heterocycles. The van der Waals surface area contributed by atoms with Crippen molar-refractivity contribution in [3.05, 3.63) is 16.6 Å². The van der Waals surface area contributed by atoms with Crippen LogP contribution in [-0.4, -0.2) is 18.7 Å². The summed E-state index contributed by atoms with van der Waals surface area (Å²) in [5.74, 6) is 5.67. The quantitative estimate of drug-likeness (QED) is 0.564. The van der Waals surface area contributed by atoms with Crippen molar-refractivity contribution in [1.82, 2.24) is 4.98 Å². The number of nitrogens with zero attached hydrogens (tertiary/aromatic N) is 1. The maximum absolute atomic E-state index is 4.74. The Balaban J connectivity index is 2.49. The van der Waals surface area contributed by atoms with Crippen LogP contribution in [0, 0.1) is 11.8 Å². The molecule has 0 aromatic carbocycles. The summed E-state index contributed by atoms with van der Waals surface area (Å²) in [5, 5.41) is 2.74. The van der Waals surface area contributed by atoms with Crippen LogP contribution in [-0.2, 0) is 4.74 Å². The van der Waals surface area contributed by atoms with Gasteiger partial charge in [0.1, 0.15) is 6.61 Å². The molecule has 2 nitrogen and oxygen atoms in total. The molecule has 0 fully saturated rings. The molecular formula is C7H7NOS. The zero-order valence-corrected chi connectivity index (χ0v) is 6.44. The Hall–Kier alpha value is -0.850. The van der Waals surface area contributed by atoms with E-state index < -0.39 is 0 Å². The van der Waals surface area contributed by atoms with Gasteiger partial charge < -0.3 is 4.74 Å². The summed E-state index contributed by atoms with van der Waals surface area (Å²) in [6, 6.07) is 0. The lowest BCUT2D eigenvalue weighted by Crippen LogP contribution is -1.80. The summed E-state index contributed by atoms with van der Waals surface area (Å²) in [5.41, 5.74) is 0. The second kappa shape index (κ2) is 4.04. The normalized spacial score (nSPS) is 8.50. The Morgan fingerprint density at radius 1 is 1.80 bits per heavy atom. The van der Waals surface area contributed by atoms with Gasteiger partial charge in [0.05, 0.1) is 0 Å². The topological polar surface area (TPSA) is 22.1 Å². The van der Waals surface area contributed by atoms with Crippen molar-refractivity contribution in [1.29, 1.82) is 0 Å². The van der Waals surface area contributed by atoms with Crippen LogP contribution in [0.5, 0.6) is 0 Å². The van der Waals surface area contributed by atoms with Crippen LogP contribution in [0.1, 0.15) is 5.01 Å². The summed E-state index contributed by atoms with van der Waals surface area (Å²) in [7, 11) is 1.62. The monoisotopic (exact) mass is 153 g/mol. The lowest BCUT2D eigenvalue weighted by Gasteiger charge is -1.80. The molecule has 0 radical (unpaired) electrons. The lowest BCUT2D eigenvalue weighted by molar-refractivity contribution is 0.240. The summed E-state index contributed by atoms with van der Waals surface area (Å²) >= 11 is 1.53. The van der Waals surface area contributed by atoms with Crippen molar-refractivity contribution < 1.29 is 4.74 Å². The van der Waals surface area contributed by atoms with Crippen molar-refractivity contribution in [2.45, 2.75) is 0 Å². The molecule has 0 unspecified atom stereocenters. The lowest BCUT2D eigenvalue weighted by atomic mass is 10.6. The Labute approximate surface area is 63.9 Å². The minimum atomic E-state index is 0.472. The molecule has 0 N–H and O–H groups in total. The van der Waals surface area contributed by atoms with Gasteiger partial charge in [0, 0.05) is 18.7 Å². The highest BCUT2D eigenvalue weighted by Gasteiger charge is 1.83. The van der Waals surface area contributed by atoms with Crippen LogP contribution >= 0.6 is 11.3 Å². The first-order chi connectivity index (χ1) is 4.93. The highest BCUT2D eigenvalue weighted by Crippen LogP contribution is 1.99. The minimum absolute atomic E-state index is 0.472. The Morgan fingerprint density at radius 3 is 3.30 bits per heavy atom. The van der Waals surface area contributed by atoms with E-state index in [0.29, 0.717) is 6.61 Å². The van der Waals surface area contributed by atoms with Gasteiger partial charge in [-0.3, -0.25) is 0 Å². The molecule has 0 atom stereocenters. The van der Waals surface area contributed by atoms with Crippen molar-refractivity contribution in [3.8, 4) is 11.8 Å². The average Bonchev–Trinajstić information content (AvgIpc) is 2.41. The molecule has 10 heavy (non-hydrogen) atoms. The van der Waals surface area contributed by atoms with E-state index in [2.05, 4.69) is 16.8 Å². The highest BCUT2D eigenvalue weighted by molar-refractivity contribution is 7.10. The number of methoxy groups -OCH3 is 1. The third-order valence-electron chi connectivity index (χ3n) is 0.844. The van der Waals surface area contributed by atoms with Crippen molar-refractivity contribution >= 4 is 11.3 Å². The first-order valence-electron chi connectivity index (χ1n) is 2.81. The van der Waals surface area contributed by atoms with E-state index in [4.69, 9.17) is 4.74 Å². The fourth-order valence-corrected chi connectivity index (χ4v) is 0.972. The molecule has 0 spiro atoms. The van der Waals surface area contributed by atoms with Crippen LogP contribution in [0.15, 0.2) is 11.6 Å². The van der Waals surface area contributed by atoms with Gasteiger partial charge in [-0.25, -0.2) is 4.98 Å². The van der Waals surface area contributed by atoms with Gasteiger partial charge in [0.25, 0.3) is 0 Å². The standard InChI is InChI=1S/C7H7NOS/c1-9-5-2-3-7-8-4-6-10-7/h4,6H,5H2,1H3. The zero-order chi connectivity index (χ0) is 7.23. The van der Waals surface area contributed by atoms with Crippen LogP contribution in [0.3, 0.4) is 0 Å². The van der Waals surface area contributed by atoms with Crippen molar-refractivity contribution in [3.63, 3.8) is 0 Å². The Bertz CT molecular complexity index is 232. The summed E-state index contributed by atoms with van der Waals surface area (Å²) < 4.78 is 4.74. The first-order valence-corrected chi connectivity index (χ1v) is 3.69. The Morgan fingerprint density at radius 2 is 2.70 bits per heavy atom. The Kier molecular flexibility index (Phi) is 2.94. The van der Waals surface area contributed by atoms with E-state index in [1.807, 2.05) is 5.38 Å². The zero-order valence-electron chi connectivity index (χ0n) is 5.63. The molecule has 52 valence electrons. The van der Waals surface area contributed by atoms with Gasteiger partial charge in [-0.2, -0.15) is 0 Å². The van der Waals surface area contributed by atoms with Crippen LogP contribution in [0.25, 0.3) is 0 Å². The van der Waals surface area contributed by atoms with Gasteiger partial charge in [-0.1, -0.05) is 5.92 Å². The van der Waals surface area contributed by atoms with Crippen molar-refractivity contribution in [2.24, 2.45) is 0 Å². The number of hydrogen-bond acceptors (Lipinski definition) is 3. The number of ether oxygens (including phenoxy) is 1. The van der Waals surface area contributed by atoms with E-state index in [0.717, 1.165) is 5.01 Å². The van der Waals surface area contributed by atoms with Crippen LogP contribution in [0.4, 0.5) is 0 Å². The molecule has 0 saturated heterocycles. The molecule has 0 aliphatic rings. The SMILES string of the molecule is COCC#Cc1nccs1. The molecule has 0 amide bonds. The average molecular weight is 153 g/mol. The molecule has 1 aromatic rings. The fourth-order valence-electron chi connectivity index (χ4n) is 0.469. The third kappa shape index (κ3) is 2.18. The summed E-state index contributed by atoms with van der Waals surface area (Å²) in [6.45, 7) is 0.472. The minimum Gasteiger partial charge on any atom is -0.372 e. The van der Waals surface area contributed by atoms with Crippen LogP contribution < -0.4 is 0 Å². The number of hydrogen-bond donors (Lipinski definition) is 0. The predicted octanol–water partition coefficient (Wildman–Crippen LogP) is 1.14. The van der Waals surface area contributed by atoms with E-state index in [1.54, 1.807) is 13.3 Å². The summed E-state index contributed by atoms with van der Waals surface area (Å²) in [6.07, 6.45) is 1.74. The van der Waals surface area contributed by atoms with Gasteiger partial charge in [0.15, 0.2) is 5.01 Å². The second-order valence-corrected chi connectivity index (χ2v) is 2.47. The number of aromatic nitrogens is 1. The maximum atomic E-state index is 4.74. The van der Waals surface area contributed by atoms with E-state index >= 15 is 0 Å². The molecule has 1 rings (SSSR count). The van der Waals surface area contributed by atoms with Gasteiger partial charge >= 0.3 is 0 Å². The molecule has 0 bridgehead atoms. The van der Waals surface area contributed by atoms with Crippen LogP contribution in [0.2, 0.25) is 0 Å². The fraction of sp³-hybridized carbons (Fsp3) is 0.286. The van der Waals surface area contributed by atoms with Gasteiger partial charge in [-0.15, -0.1) is 11.3 Å². The van der Waals surface area contributed by atoms with Gasteiger partial charge in [0.2, 0.25) is 0 Å². The van der Waals surface area contributed by atoms with E-state index in [-0.39, 0.29) is 0 Å². The molecule has 0 saturated carbocycles. The third-order valence-corrected chi connectivity index (χ3v) is 1.53. The first kappa shape index (κ1) is 7.26. The smallest absolute Gasteiger partial charge is 0.166 e. The molecule has 3 heteroatoms. The molecule has 1 heterocycles. The largest absolute Gasteiger partial charge is 0.372 e. The number of thiazole rings is 1. The van der Waals surface area contributed by atoms with E-state index in [1.165, 1.54) is 11.3 Å². The summed E-state index contributed by atoms with van der Waals surface area (Å²) in [4.78, 5) is 3.98. The van der Waals surface area contributed by atoms with Crippen molar-refractivity contribution in [2.75, 3.05) is 13.7 Å². The molecule has 0 aliphatic carbocycles. The van der Waals surface area contributed by atoms with Gasteiger partial charge in [-0.05, 0) is 5.92 Å². The maximum Gasteiger partial charge on any atom is 0.166 e. The molecule has 1 aromatic heterocycles. The highest BCUT2D eigenvalue weighted by atomic mass is 32.1.